The van der Waals surface area contributed by atoms with Crippen LogP contribution < -0.4 is 0 Å². The van der Waals surface area contributed by atoms with Crippen LogP contribution in [0.3, 0.4) is 0 Å². The molecule has 0 spiro atoms. The van der Waals surface area contributed by atoms with E-state index in [0.717, 1.165) is 30.2 Å². The molecule has 1 aromatic heterocycles. The first-order valence-corrected chi connectivity index (χ1v) is 7.78. The number of fused-ring (bicyclic) bond motifs is 1. The van der Waals surface area contributed by atoms with E-state index in [1.165, 1.54) is 12.8 Å². The maximum Gasteiger partial charge on any atom is 0.201 e. The van der Waals surface area contributed by atoms with Gasteiger partial charge in [-0.15, -0.1) is 0 Å². The van der Waals surface area contributed by atoms with Crippen LogP contribution in [0.15, 0.2) is 28.7 Å². The molecule has 0 N–H and O–H groups in total. The van der Waals surface area contributed by atoms with Gasteiger partial charge >= 0.3 is 0 Å². The smallest absolute Gasteiger partial charge is 0.201 e. The van der Waals surface area contributed by atoms with Gasteiger partial charge in [-0.1, -0.05) is 37.8 Å². The monoisotopic (exact) mass is 290 g/mol. The molecule has 1 aliphatic rings. The third-order valence-electron chi connectivity index (χ3n) is 4.45. The molecule has 2 nitrogen and oxygen atoms in total. The largest absolute Gasteiger partial charge is 0.453 e. The first-order valence-electron chi connectivity index (χ1n) is 7.40. The molecular formula is C17H19ClO2. The van der Waals surface area contributed by atoms with Crippen molar-refractivity contribution in [1.82, 2.24) is 0 Å². The first kappa shape index (κ1) is 13.7. The number of benzene rings is 1. The first-order chi connectivity index (χ1) is 9.67. The van der Waals surface area contributed by atoms with Crippen LogP contribution in [-0.2, 0) is 0 Å². The van der Waals surface area contributed by atoms with Crippen LogP contribution in [0.4, 0.5) is 0 Å². The molecule has 2 atom stereocenters. The van der Waals surface area contributed by atoms with Gasteiger partial charge in [0.25, 0.3) is 0 Å². The fraction of sp³-hybridized carbons (Fsp3) is 0.471. The summed E-state index contributed by atoms with van der Waals surface area (Å²) >= 11 is 5.97. The number of rotatable bonds is 3. The predicted molar refractivity (Wildman–Crippen MR) is 81.3 cm³/mol. The Morgan fingerprint density at radius 1 is 1.35 bits per heavy atom. The average molecular weight is 291 g/mol. The lowest BCUT2D eigenvalue weighted by atomic mass is 9.78. The Balaban J connectivity index is 1.84. The molecule has 0 aliphatic heterocycles. The Hall–Kier alpha value is -1.28. The van der Waals surface area contributed by atoms with Crippen LogP contribution in [-0.4, -0.2) is 5.78 Å². The van der Waals surface area contributed by atoms with Crippen LogP contribution in [0.25, 0.3) is 11.0 Å². The van der Waals surface area contributed by atoms with Gasteiger partial charge in [0.15, 0.2) is 5.76 Å². The maximum absolute atomic E-state index is 12.6. The average Bonchev–Trinajstić information content (AvgIpc) is 2.89. The number of ketones is 1. The number of hydrogen-bond acceptors (Lipinski definition) is 2. The highest BCUT2D eigenvalue weighted by Gasteiger charge is 2.28. The molecule has 1 aromatic carbocycles. The molecule has 0 radical (unpaired) electrons. The zero-order chi connectivity index (χ0) is 14.1. The normalized spacial score (nSPS) is 23.1. The summed E-state index contributed by atoms with van der Waals surface area (Å²) in [5.74, 6) is 1.47. The van der Waals surface area contributed by atoms with Gasteiger partial charge in [0.05, 0.1) is 0 Å². The molecule has 1 fully saturated rings. The lowest BCUT2D eigenvalue weighted by Gasteiger charge is -2.26. The third kappa shape index (κ3) is 2.62. The van der Waals surface area contributed by atoms with Gasteiger partial charge in [0, 0.05) is 16.3 Å². The molecule has 3 rings (SSSR count). The molecule has 1 heterocycles. The van der Waals surface area contributed by atoms with Crippen molar-refractivity contribution in [3.63, 3.8) is 0 Å². The second-order valence-corrected chi connectivity index (χ2v) is 6.23. The summed E-state index contributed by atoms with van der Waals surface area (Å²) in [5, 5.41) is 1.57. The number of carbonyl (C=O) groups excluding carboxylic acids is 1. The number of Topliss-reactive ketones (excluding diaryl/α,β-unsaturated/α-hetero) is 1. The lowest BCUT2D eigenvalue weighted by molar-refractivity contribution is 0.0835. The van der Waals surface area contributed by atoms with Crippen molar-refractivity contribution in [2.24, 2.45) is 11.8 Å². The van der Waals surface area contributed by atoms with Gasteiger partial charge in [-0.05, 0) is 43.0 Å². The van der Waals surface area contributed by atoms with Crippen LogP contribution in [0.2, 0.25) is 5.02 Å². The van der Waals surface area contributed by atoms with Crippen LogP contribution in [0.5, 0.6) is 0 Å². The molecule has 3 heteroatoms. The topological polar surface area (TPSA) is 30.2 Å². The summed E-state index contributed by atoms with van der Waals surface area (Å²) in [4.78, 5) is 12.6. The van der Waals surface area contributed by atoms with Crippen LogP contribution >= 0.6 is 11.6 Å². The SMILES string of the molecule is CCC1CCCC(C(=O)c2cc3cc(Cl)ccc3o2)C1. The van der Waals surface area contributed by atoms with Gasteiger partial charge in [0.2, 0.25) is 5.78 Å². The van der Waals surface area contributed by atoms with E-state index >= 15 is 0 Å². The van der Waals surface area contributed by atoms with E-state index in [9.17, 15) is 4.79 Å². The number of halogens is 1. The molecule has 106 valence electrons. The zero-order valence-corrected chi connectivity index (χ0v) is 12.5. The van der Waals surface area contributed by atoms with E-state index < -0.39 is 0 Å². The highest BCUT2D eigenvalue weighted by molar-refractivity contribution is 6.31. The van der Waals surface area contributed by atoms with E-state index in [1.54, 1.807) is 6.07 Å². The highest BCUT2D eigenvalue weighted by Crippen LogP contribution is 2.34. The molecule has 1 aliphatic carbocycles. The minimum absolute atomic E-state index is 0.129. The van der Waals surface area contributed by atoms with Crippen molar-refractivity contribution in [2.45, 2.75) is 39.0 Å². The molecule has 0 bridgehead atoms. The highest BCUT2D eigenvalue weighted by atomic mass is 35.5. The van der Waals surface area contributed by atoms with Crippen molar-refractivity contribution in [3.8, 4) is 0 Å². The number of carbonyl (C=O) groups is 1. The van der Waals surface area contributed by atoms with Gasteiger partial charge < -0.3 is 4.42 Å². The molecule has 2 aromatic rings. The van der Waals surface area contributed by atoms with E-state index in [4.69, 9.17) is 16.0 Å². The minimum atomic E-state index is 0.129. The Morgan fingerprint density at radius 2 is 2.20 bits per heavy atom. The van der Waals surface area contributed by atoms with Crippen molar-refractivity contribution in [3.05, 3.63) is 35.0 Å². The van der Waals surface area contributed by atoms with Crippen molar-refractivity contribution < 1.29 is 9.21 Å². The predicted octanol–water partition coefficient (Wildman–Crippen LogP) is 5.49. The minimum Gasteiger partial charge on any atom is -0.453 e. The summed E-state index contributed by atoms with van der Waals surface area (Å²) in [6.45, 7) is 2.21. The number of hydrogen-bond donors (Lipinski definition) is 0. The summed E-state index contributed by atoms with van der Waals surface area (Å²) in [6, 6.07) is 7.28. The van der Waals surface area contributed by atoms with Gasteiger partial charge in [-0.25, -0.2) is 0 Å². The molecule has 20 heavy (non-hydrogen) atoms. The van der Waals surface area contributed by atoms with Crippen molar-refractivity contribution in [1.29, 1.82) is 0 Å². The van der Waals surface area contributed by atoms with Crippen LogP contribution in [0.1, 0.15) is 49.6 Å². The summed E-state index contributed by atoms with van der Waals surface area (Å²) < 4.78 is 5.70. The van der Waals surface area contributed by atoms with Gasteiger partial charge in [0.1, 0.15) is 5.58 Å². The second kappa shape index (κ2) is 5.61. The van der Waals surface area contributed by atoms with Gasteiger partial charge in [-0.3, -0.25) is 4.79 Å². The Labute approximate surface area is 124 Å². The van der Waals surface area contributed by atoms with Crippen LogP contribution in [0, 0.1) is 11.8 Å². The Kier molecular flexibility index (Phi) is 3.84. The second-order valence-electron chi connectivity index (χ2n) is 5.79. The molecule has 1 saturated carbocycles. The maximum atomic E-state index is 12.6. The molecule has 2 unspecified atom stereocenters. The Bertz CT molecular complexity index is 629. The van der Waals surface area contributed by atoms with Crippen molar-refractivity contribution >= 4 is 28.4 Å². The quantitative estimate of drug-likeness (QED) is 0.700. The van der Waals surface area contributed by atoms with E-state index in [0.29, 0.717) is 16.7 Å². The summed E-state index contributed by atoms with van der Waals surface area (Å²) in [5.41, 5.74) is 0.737. The Morgan fingerprint density at radius 3 is 3.00 bits per heavy atom. The zero-order valence-electron chi connectivity index (χ0n) is 11.7. The van der Waals surface area contributed by atoms with E-state index in [2.05, 4.69) is 6.92 Å². The fourth-order valence-corrected chi connectivity index (χ4v) is 3.42. The van der Waals surface area contributed by atoms with Crippen molar-refractivity contribution in [2.75, 3.05) is 0 Å². The summed E-state index contributed by atoms with van der Waals surface area (Å²) in [7, 11) is 0. The number of furan rings is 1. The molecular weight excluding hydrogens is 272 g/mol. The van der Waals surface area contributed by atoms with E-state index in [1.807, 2.05) is 18.2 Å². The molecule has 0 saturated heterocycles. The lowest BCUT2D eigenvalue weighted by Crippen LogP contribution is -2.22. The summed E-state index contributed by atoms with van der Waals surface area (Å²) in [6.07, 6.45) is 5.58. The van der Waals surface area contributed by atoms with E-state index in [-0.39, 0.29) is 11.7 Å². The standard InChI is InChI=1S/C17H19ClO2/c1-2-11-4-3-5-12(8-11)17(19)16-10-13-9-14(18)6-7-15(13)20-16/h6-7,9-12H,2-5,8H2,1H3. The molecule has 0 amide bonds. The fourth-order valence-electron chi connectivity index (χ4n) is 3.24. The van der Waals surface area contributed by atoms with Gasteiger partial charge in [-0.2, -0.15) is 0 Å². The third-order valence-corrected chi connectivity index (χ3v) is 4.69.